The average molecular weight is 278 g/mol. The number of hydrazone groups is 1. The summed E-state index contributed by atoms with van der Waals surface area (Å²) in [6.45, 7) is 3.89. The maximum absolute atomic E-state index is 11.8. The molecule has 1 rings (SSSR count). The Hall–Kier alpha value is -2.24. The number of rotatable bonds is 6. The fraction of sp³-hybridized carbons (Fsp3) is 0.429. The fourth-order valence-electron chi connectivity index (χ4n) is 1.50. The largest absolute Gasteiger partial charge is 0.466 e. The van der Waals surface area contributed by atoms with Crippen molar-refractivity contribution in [3.05, 3.63) is 30.1 Å². The molecule has 1 aromatic rings. The van der Waals surface area contributed by atoms with Gasteiger partial charge in [0.2, 0.25) is 0 Å². The molecule has 0 bridgehead atoms. The van der Waals surface area contributed by atoms with Gasteiger partial charge in [0.25, 0.3) is 5.91 Å². The standard InChI is InChI=1S/C14H19N3O3/c1-4-20-13(18)8-7-11(2)15-16-14(19)12-6-5-9-17(3)10-12/h5-6,9-10H,4,7-8H2,1-3H3/p+1/b15-11-. The van der Waals surface area contributed by atoms with Crippen LogP contribution >= 0.6 is 0 Å². The van der Waals surface area contributed by atoms with E-state index in [1.807, 2.05) is 13.2 Å². The van der Waals surface area contributed by atoms with Gasteiger partial charge in [-0.3, -0.25) is 9.59 Å². The minimum atomic E-state index is -0.281. The Morgan fingerprint density at radius 3 is 2.80 bits per heavy atom. The van der Waals surface area contributed by atoms with Gasteiger partial charge >= 0.3 is 5.97 Å². The first-order valence-corrected chi connectivity index (χ1v) is 6.47. The number of aromatic nitrogens is 1. The van der Waals surface area contributed by atoms with Crippen LogP contribution in [0.15, 0.2) is 29.6 Å². The van der Waals surface area contributed by atoms with Gasteiger partial charge in [0, 0.05) is 11.8 Å². The monoisotopic (exact) mass is 278 g/mol. The number of nitrogens with one attached hydrogen (secondary N) is 1. The third-order valence-corrected chi connectivity index (χ3v) is 2.55. The Labute approximate surface area is 118 Å². The van der Waals surface area contributed by atoms with E-state index in [1.165, 1.54) is 0 Å². The fourth-order valence-corrected chi connectivity index (χ4v) is 1.50. The van der Waals surface area contributed by atoms with Crippen LogP contribution in [0.3, 0.4) is 0 Å². The summed E-state index contributed by atoms with van der Waals surface area (Å²) in [4.78, 5) is 23.0. The summed E-state index contributed by atoms with van der Waals surface area (Å²) in [5, 5.41) is 3.96. The van der Waals surface area contributed by atoms with Gasteiger partial charge in [-0.1, -0.05) is 0 Å². The summed E-state index contributed by atoms with van der Waals surface area (Å²) in [6, 6.07) is 3.49. The Kier molecular flexibility index (Phi) is 6.36. The lowest BCUT2D eigenvalue weighted by atomic mass is 10.2. The van der Waals surface area contributed by atoms with Crippen LogP contribution in [0.4, 0.5) is 0 Å². The van der Waals surface area contributed by atoms with Gasteiger partial charge in [0.05, 0.1) is 13.0 Å². The van der Waals surface area contributed by atoms with Gasteiger partial charge in [0.1, 0.15) is 12.6 Å². The number of nitrogens with zero attached hydrogens (tertiary/aromatic N) is 2. The van der Waals surface area contributed by atoms with Crippen molar-refractivity contribution in [2.24, 2.45) is 12.1 Å². The van der Waals surface area contributed by atoms with Gasteiger partial charge in [-0.05, 0) is 26.3 Å². The molecule has 1 amide bonds. The van der Waals surface area contributed by atoms with Crippen molar-refractivity contribution in [2.45, 2.75) is 26.7 Å². The molecule has 0 saturated heterocycles. The molecular weight excluding hydrogens is 258 g/mol. The molecule has 6 nitrogen and oxygen atoms in total. The van der Waals surface area contributed by atoms with E-state index in [4.69, 9.17) is 4.74 Å². The minimum absolute atomic E-state index is 0.261. The van der Waals surface area contributed by atoms with Crippen LogP contribution in [0, 0.1) is 0 Å². The number of ether oxygens (including phenoxy) is 1. The molecule has 0 saturated carbocycles. The first kappa shape index (κ1) is 15.8. The van der Waals surface area contributed by atoms with Gasteiger partial charge < -0.3 is 4.74 Å². The second-order valence-corrected chi connectivity index (χ2v) is 4.35. The summed E-state index contributed by atoms with van der Waals surface area (Å²) in [7, 11) is 1.84. The lowest BCUT2D eigenvalue weighted by molar-refractivity contribution is -0.671. The van der Waals surface area contributed by atoms with Crippen LogP contribution in [0.5, 0.6) is 0 Å². The molecule has 0 aromatic carbocycles. The van der Waals surface area contributed by atoms with Crippen molar-refractivity contribution in [1.82, 2.24) is 5.43 Å². The van der Waals surface area contributed by atoms with Crippen LogP contribution < -0.4 is 9.99 Å². The highest BCUT2D eigenvalue weighted by molar-refractivity contribution is 5.95. The van der Waals surface area contributed by atoms with Gasteiger partial charge in [-0.25, -0.2) is 9.99 Å². The molecule has 0 aliphatic carbocycles. The average Bonchev–Trinajstić information content (AvgIpc) is 2.43. The van der Waals surface area contributed by atoms with Crippen LogP contribution in [0.1, 0.15) is 37.0 Å². The molecule has 6 heteroatoms. The molecule has 1 heterocycles. The Morgan fingerprint density at radius 1 is 1.40 bits per heavy atom. The van der Waals surface area contributed by atoms with Crippen molar-refractivity contribution in [3.8, 4) is 0 Å². The SMILES string of the molecule is CCOC(=O)CC/C(C)=N\NC(=O)c1ccc[n+](C)c1. The van der Waals surface area contributed by atoms with Crippen molar-refractivity contribution < 1.29 is 18.9 Å². The highest BCUT2D eigenvalue weighted by Crippen LogP contribution is 1.97. The molecule has 1 N–H and O–H groups in total. The van der Waals surface area contributed by atoms with Crippen molar-refractivity contribution in [3.63, 3.8) is 0 Å². The summed E-state index contributed by atoms with van der Waals surface area (Å²) in [5.41, 5.74) is 3.66. The smallest absolute Gasteiger partial charge is 0.306 e. The zero-order chi connectivity index (χ0) is 15.0. The molecule has 0 fully saturated rings. The number of carbonyl (C=O) groups excluding carboxylic acids is 2. The maximum Gasteiger partial charge on any atom is 0.306 e. The normalized spacial score (nSPS) is 11.1. The van der Waals surface area contributed by atoms with E-state index in [0.717, 1.165) is 0 Å². The molecular formula is C14H20N3O3+. The Bertz CT molecular complexity index is 512. The van der Waals surface area contributed by atoms with Crippen LogP contribution in [-0.2, 0) is 16.6 Å². The molecule has 20 heavy (non-hydrogen) atoms. The van der Waals surface area contributed by atoms with E-state index in [1.54, 1.807) is 36.7 Å². The number of aryl methyl sites for hydroxylation is 1. The topological polar surface area (TPSA) is 71.6 Å². The van der Waals surface area contributed by atoms with Gasteiger partial charge in [-0.15, -0.1) is 0 Å². The second kappa shape index (κ2) is 8.04. The van der Waals surface area contributed by atoms with E-state index in [2.05, 4.69) is 10.5 Å². The number of pyridine rings is 1. The molecule has 0 radical (unpaired) electrons. The zero-order valence-electron chi connectivity index (χ0n) is 12.0. The third-order valence-electron chi connectivity index (χ3n) is 2.55. The lowest BCUT2D eigenvalue weighted by Crippen LogP contribution is -2.30. The van der Waals surface area contributed by atoms with Gasteiger partial charge in [-0.2, -0.15) is 5.10 Å². The van der Waals surface area contributed by atoms with Crippen molar-refractivity contribution in [2.75, 3.05) is 6.61 Å². The summed E-state index contributed by atoms with van der Waals surface area (Å²) >= 11 is 0. The van der Waals surface area contributed by atoms with E-state index in [0.29, 0.717) is 24.3 Å². The van der Waals surface area contributed by atoms with Gasteiger partial charge in [0.15, 0.2) is 12.4 Å². The van der Waals surface area contributed by atoms with E-state index < -0.39 is 0 Å². The minimum Gasteiger partial charge on any atom is -0.466 e. The molecule has 0 atom stereocenters. The number of hydrogen-bond donors (Lipinski definition) is 1. The second-order valence-electron chi connectivity index (χ2n) is 4.35. The lowest BCUT2D eigenvalue weighted by Gasteiger charge is -2.02. The zero-order valence-corrected chi connectivity index (χ0v) is 12.0. The van der Waals surface area contributed by atoms with Crippen LogP contribution in [0.2, 0.25) is 0 Å². The third kappa shape index (κ3) is 5.60. The first-order valence-electron chi connectivity index (χ1n) is 6.47. The highest BCUT2D eigenvalue weighted by atomic mass is 16.5. The summed E-state index contributed by atoms with van der Waals surface area (Å²) in [5.74, 6) is -0.542. The van der Waals surface area contributed by atoms with Crippen LogP contribution in [0.25, 0.3) is 0 Å². The van der Waals surface area contributed by atoms with Crippen molar-refractivity contribution >= 4 is 17.6 Å². The quantitative estimate of drug-likeness (QED) is 0.364. The maximum atomic E-state index is 11.8. The molecule has 0 unspecified atom stereocenters. The number of esters is 1. The van der Waals surface area contributed by atoms with E-state index in [9.17, 15) is 9.59 Å². The number of amides is 1. The Balaban J connectivity index is 2.46. The van der Waals surface area contributed by atoms with Crippen LogP contribution in [-0.4, -0.2) is 24.2 Å². The molecule has 108 valence electrons. The molecule has 0 aliphatic rings. The predicted octanol–water partition coefficient (Wildman–Crippen LogP) is 0.960. The molecule has 0 aliphatic heterocycles. The van der Waals surface area contributed by atoms with E-state index in [-0.39, 0.29) is 18.3 Å². The predicted molar refractivity (Wildman–Crippen MR) is 74.1 cm³/mol. The highest BCUT2D eigenvalue weighted by Gasteiger charge is 2.08. The Morgan fingerprint density at radius 2 is 2.15 bits per heavy atom. The molecule has 1 aromatic heterocycles. The van der Waals surface area contributed by atoms with Crippen molar-refractivity contribution in [1.29, 1.82) is 0 Å². The van der Waals surface area contributed by atoms with E-state index >= 15 is 0 Å². The number of hydrogen-bond acceptors (Lipinski definition) is 4. The molecule has 0 spiro atoms. The summed E-state index contributed by atoms with van der Waals surface area (Å²) < 4.78 is 6.60. The number of carbonyl (C=O) groups is 2. The first-order chi connectivity index (χ1) is 9.52. The summed E-state index contributed by atoms with van der Waals surface area (Å²) in [6.07, 6.45) is 4.27.